The molecule has 224 valence electrons. The van der Waals surface area contributed by atoms with Crippen LogP contribution in [0.5, 0.6) is 0 Å². The Morgan fingerprint density at radius 2 is 0.921 bits per heavy atom. The summed E-state index contributed by atoms with van der Waals surface area (Å²) in [5.74, 6) is 0.258. The van der Waals surface area contributed by atoms with Gasteiger partial charge in [-0.3, -0.25) is 4.79 Å². The number of carbonyl (C=O) groups excluding carboxylic acids is 1. The van der Waals surface area contributed by atoms with E-state index >= 15 is 0 Å². The van der Waals surface area contributed by atoms with Gasteiger partial charge >= 0.3 is 0 Å². The highest BCUT2D eigenvalue weighted by atomic mass is 16.1. The number of allylic oxidation sites excluding steroid dienone is 4. The van der Waals surface area contributed by atoms with Gasteiger partial charge in [0, 0.05) is 12.5 Å². The van der Waals surface area contributed by atoms with Crippen molar-refractivity contribution in [2.75, 3.05) is 0 Å². The van der Waals surface area contributed by atoms with Gasteiger partial charge < -0.3 is 5.32 Å². The standard InChI is InChI=1S/C36H69NO/c1-4-6-8-10-12-14-16-18-20-22-24-26-28-30-32-34-36(38)37-35(3)33-31-29-27-25-23-21-19-17-15-13-11-9-7-5-2/h12,14,18,20,35H,4-11,13,15-17,19,21-34H2,1-3H3,(H,37,38)/b14-12-,20-18-. The molecule has 0 aromatic rings. The predicted octanol–water partition coefficient (Wildman–Crippen LogP) is 12.2. The summed E-state index contributed by atoms with van der Waals surface area (Å²) in [6.07, 6.45) is 44.3. The highest BCUT2D eigenvalue weighted by Gasteiger charge is 2.07. The Kier molecular flexibility index (Phi) is 31.3. The Morgan fingerprint density at radius 1 is 0.526 bits per heavy atom. The number of nitrogens with one attached hydrogen (secondary N) is 1. The van der Waals surface area contributed by atoms with Crippen LogP contribution in [-0.4, -0.2) is 11.9 Å². The third kappa shape index (κ3) is 31.2. The molecule has 0 aromatic heterocycles. The van der Waals surface area contributed by atoms with Gasteiger partial charge in [0.1, 0.15) is 0 Å². The highest BCUT2D eigenvalue weighted by Crippen LogP contribution is 2.14. The van der Waals surface area contributed by atoms with Crippen molar-refractivity contribution in [1.29, 1.82) is 0 Å². The fraction of sp³-hybridized carbons (Fsp3) is 0.861. The van der Waals surface area contributed by atoms with E-state index in [9.17, 15) is 4.79 Å². The summed E-state index contributed by atoms with van der Waals surface area (Å²) < 4.78 is 0. The molecule has 0 fully saturated rings. The molecule has 0 aliphatic rings. The molecule has 1 amide bonds. The van der Waals surface area contributed by atoms with Crippen molar-refractivity contribution in [2.24, 2.45) is 0 Å². The van der Waals surface area contributed by atoms with Crippen molar-refractivity contribution in [2.45, 2.75) is 200 Å². The zero-order valence-electron chi connectivity index (χ0n) is 26.4. The Bertz CT molecular complexity index is 523. The van der Waals surface area contributed by atoms with Crippen LogP contribution >= 0.6 is 0 Å². The first-order chi connectivity index (χ1) is 18.7. The molecule has 1 atom stereocenters. The normalized spacial score (nSPS) is 12.6. The van der Waals surface area contributed by atoms with Crippen molar-refractivity contribution in [3.63, 3.8) is 0 Å². The molecule has 0 saturated heterocycles. The molecular weight excluding hydrogens is 462 g/mol. The molecule has 2 heteroatoms. The number of hydrogen-bond acceptors (Lipinski definition) is 1. The molecule has 0 rings (SSSR count). The Labute approximate surface area is 240 Å². The summed E-state index contributed by atoms with van der Waals surface area (Å²) >= 11 is 0. The van der Waals surface area contributed by atoms with Gasteiger partial charge in [0.05, 0.1) is 0 Å². The maximum atomic E-state index is 12.2. The second-order valence-corrected chi connectivity index (χ2v) is 11.8. The molecule has 0 aliphatic heterocycles. The molecule has 2 nitrogen and oxygen atoms in total. The highest BCUT2D eigenvalue weighted by molar-refractivity contribution is 5.76. The van der Waals surface area contributed by atoms with Crippen molar-refractivity contribution in [3.05, 3.63) is 24.3 Å². The first kappa shape index (κ1) is 37.0. The van der Waals surface area contributed by atoms with E-state index in [1.165, 1.54) is 148 Å². The van der Waals surface area contributed by atoms with Crippen LogP contribution in [0.25, 0.3) is 0 Å². The van der Waals surface area contributed by atoms with Crippen LogP contribution in [0.1, 0.15) is 194 Å². The Balaban J connectivity index is 3.35. The Morgan fingerprint density at radius 3 is 1.45 bits per heavy atom. The van der Waals surface area contributed by atoms with Gasteiger partial charge in [-0.2, -0.15) is 0 Å². The molecule has 0 spiro atoms. The van der Waals surface area contributed by atoms with Gasteiger partial charge in [-0.1, -0.05) is 160 Å². The monoisotopic (exact) mass is 532 g/mol. The average Bonchev–Trinajstić information content (AvgIpc) is 2.91. The molecule has 0 aliphatic carbocycles. The number of carbonyl (C=O) groups is 1. The lowest BCUT2D eigenvalue weighted by atomic mass is 10.0. The van der Waals surface area contributed by atoms with Gasteiger partial charge in [0.15, 0.2) is 0 Å². The lowest BCUT2D eigenvalue weighted by Crippen LogP contribution is -2.32. The predicted molar refractivity (Wildman–Crippen MR) is 172 cm³/mol. The second-order valence-electron chi connectivity index (χ2n) is 11.8. The molecule has 0 aromatic carbocycles. The summed E-state index contributed by atoms with van der Waals surface area (Å²) in [4.78, 5) is 12.2. The van der Waals surface area contributed by atoms with Crippen molar-refractivity contribution < 1.29 is 4.79 Å². The first-order valence-corrected chi connectivity index (χ1v) is 17.3. The molecule has 0 heterocycles. The van der Waals surface area contributed by atoms with E-state index in [1.807, 2.05) is 0 Å². The largest absolute Gasteiger partial charge is 0.354 e. The van der Waals surface area contributed by atoms with E-state index in [1.54, 1.807) is 0 Å². The van der Waals surface area contributed by atoms with Gasteiger partial charge in [-0.25, -0.2) is 0 Å². The third-order valence-electron chi connectivity index (χ3n) is 7.75. The molecule has 0 saturated carbocycles. The van der Waals surface area contributed by atoms with Crippen molar-refractivity contribution >= 4 is 5.91 Å². The summed E-state index contributed by atoms with van der Waals surface area (Å²) in [6.45, 7) is 6.72. The summed E-state index contributed by atoms with van der Waals surface area (Å²) in [6, 6.07) is 0.331. The first-order valence-electron chi connectivity index (χ1n) is 17.3. The molecule has 38 heavy (non-hydrogen) atoms. The van der Waals surface area contributed by atoms with Crippen LogP contribution in [0, 0.1) is 0 Å². The number of rotatable bonds is 30. The van der Waals surface area contributed by atoms with Crippen LogP contribution < -0.4 is 5.32 Å². The van der Waals surface area contributed by atoms with Crippen LogP contribution in [0.15, 0.2) is 24.3 Å². The topological polar surface area (TPSA) is 29.1 Å². The number of unbranched alkanes of at least 4 members (excludes halogenated alkanes) is 21. The quantitative estimate of drug-likeness (QED) is 0.0724. The van der Waals surface area contributed by atoms with Gasteiger partial charge in [-0.15, -0.1) is 0 Å². The van der Waals surface area contributed by atoms with Crippen LogP contribution in [0.4, 0.5) is 0 Å². The molecular formula is C36H69NO. The zero-order valence-corrected chi connectivity index (χ0v) is 26.4. The molecule has 1 N–H and O–H groups in total. The fourth-order valence-electron chi connectivity index (χ4n) is 5.16. The third-order valence-corrected chi connectivity index (χ3v) is 7.75. The minimum Gasteiger partial charge on any atom is -0.354 e. The minimum absolute atomic E-state index is 0.258. The number of hydrogen-bond donors (Lipinski definition) is 1. The van der Waals surface area contributed by atoms with Gasteiger partial charge in [0.25, 0.3) is 0 Å². The van der Waals surface area contributed by atoms with Crippen molar-refractivity contribution in [1.82, 2.24) is 5.32 Å². The smallest absolute Gasteiger partial charge is 0.220 e. The zero-order chi connectivity index (χ0) is 27.8. The minimum atomic E-state index is 0.258. The van der Waals surface area contributed by atoms with Crippen LogP contribution in [-0.2, 0) is 4.79 Å². The second kappa shape index (κ2) is 32.2. The van der Waals surface area contributed by atoms with Crippen LogP contribution in [0.2, 0.25) is 0 Å². The van der Waals surface area contributed by atoms with E-state index in [0.717, 1.165) is 19.3 Å². The summed E-state index contributed by atoms with van der Waals surface area (Å²) in [5, 5.41) is 3.22. The molecule has 0 bridgehead atoms. The van der Waals surface area contributed by atoms with Gasteiger partial charge in [0.2, 0.25) is 5.91 Å². The van der Waals surface area contributed by atoms with E-state index in [0.29, 0.717) is 12.5 Å². The summed E-state index contributed by atoms with van der Waals surface area (Å²) in [7, 11) is 0. The fourth-order valence-corrected chi connectivity index (χ4v) is 5.16. The molecule has 0 radical (unpaired) electrons. The van der Waals surface area contributed by atoms with Crippen molar-refractivity contribution in [3.8, 4) is 0 Å². The maximum absolute atomic E-state index is 12.2. The van der Waals surface area contributed by atoms with E-state index < -0.39 is 0 Å². The summed E-state index contributed by atoms with van der Waals surface area (Å²) in [5.41, 5.74) is 0. The Hall–Kier alpha value is -1.05. The lowest BCUT2D eigenvalue weighted by Gasteiger charge is -2.13. The number of amides is 1. The average molecular weight is 532 g/mol. The van der Waals surface area contributed by atoms with E-state index in [2.05, 4.69) is 50.4 Å². The van der Waals surface area contributed by atoms with Gasteiger partial charge in [-0.05, 0) is 51.9 Å². The SMILES string of the molecule is CCCCC/C=C\C/C=C\CCCCCCCC(=O)NC(C)CCCCCCCCCCCCCCCC. The van der Waals surface area contributed by atoms with Crippen LogP contribution in [0.3, 0.4) is 0 Å². The van der Waals surface area contributed by atoms with E-state index in [-0.39, 0.29) is 5.91 Å². The maximum Gasteiger partial charge on any atom is 0.220 e. The molecule has 1 unspecified atom stereocenters. The van der Waals surface area contributed by atoms with E-state index in [4.69, 9.17) is 0 Å². The lowest BCUT2D eigenvalue weighted by molar-refractivity contribution is -0.121.